The van der Waals surface area contributed by atoms with Crippen molar-refractivity contribution >= 4 is 5.91 Å². The van der Waals surface area contributed by atoms with Crippen molar-refractivity contribution in [1.29, 1.82) is 0 Å². The zero-order valence-electron chi connectivity index (χ0n) is 14.4. The lowest BCUT2D eigenvalue weighted by Crippen LogP contribution is -2.53. The van der Waals surface area contributed by atoms with Gasteiger partial charge in [-0.3, -0.25) is 9.69 Å². The van der Waals surface area contributed by atoms with Gasteiger partial charge in [0.05, 0.1) is 25.9 Å². The summed E-state index contributed by atoms with van der Waals surface area (Å²) in [5, 5.41) is 13.2. The van der Waals surface area contributed by atoms with Crippen molar-refractivity contribution in [2.24, 2.45) is 5.92 Å². The third-order valence-electron chi connectivity index (χ3n) is 5.26. The third-order valence-corrected chi connectivity index (χ3v) is 5.26. The highest BCUT2D eigenvalue weighted by Gasteiger charge is 2.38. The van der Waals surface area contributed by atoms with Gasteiger partial charge in [-0.2, -0.15) is 0 Å². The predicted octanol–water partition coefficient (Wildman–Crippen LogP) is 1.47. The Morgan fingerprint density at radius 2 is 2.12 bits per heavy atom. The number of hydrogen-bond acceptors (Lipinski definition) is 4. The van der Waals surface area contributed by atoms with Gasteiger partial charge < -0.3 is 15.2 Å². The van der Waals surface area contributed by atoms with Crippen LogP contribution in [0.4, 0.5) is 0 Å². The number of amides is 1. The first-order valence-electron chi connectivity index (χ1n) is 8.95. The van der Waals surface area contributed by atoms with Crippen LogP contribution >= 0.6 is 0 Å². The summed E-state index contributed by atoms with van der Waals surface area (Å²) in [5.41, 5.74) is 2.33. The molecule has 1 aromatic rings. The van der Waals surface area contributed by atoms with Gasteiger partial charge >= 0.3 is 0 Å². The van der Waals surface area contributed by atoms with E-state index in [-0.39, 0.29) is 24.0 Å². The molecule has 132 valence electrons. The molecule has 1 heterocycles. The van der Waals surface area contributed by atoms with Gasteiger partial charge in [-0.25, -0.2) is 0 Å². The molecule has 3 rings (SSSR count). The second-order valence-electron chi connectivity index (χ2n) is 7.04. The Labute approximate surface area is 144 Å². The highest BCUT2D eigenvalue weighted by Crippen LogP contribution is 2.32. The third kappa shape index (κ3) is 4.35. The van der Waals surface area contributed by atoms with Crippen molar-refractivity contribution in [1.82, 2.24) is 10.2 Å². The molecular weight excluding hydrogens is 304 g/mol. The Balaban J connectivity index is 1.52. The van der Waals surface area contributed by atoms with Gasteiger partial charge in [0.15, 0.2) is 0 Å². The summed E-state index contributed by atoms with van der Waals surface area (Å²) in [6, 6.07) is 8.35. The van der Waals surface area contributed by atoms with E-state index < -0.39 is 0 Å². The summed E-state index contributed by atoms with van der Waals surface area (Å²) in [4.78, 5) is 14.5. The fraction of sp³-hybridized carbons (Fsp3) is 0.632. The van der Waals surface area contributed by atoms with Crippen LogP contribution < -0.4 is 5.32 Å². The van der Waals surface area contributed by atoms with Crippen LogP contribution in [0, 0.1) is 12.8 Å². The van der Waals surface area contributed by atoms with Crippen LogP contribution in [0.25, 0.3) is 0 Å². The minimum absolute atomic E-state index is 0.0370. The number of carbonyl (C=O) groups excluding carboxylic acids is 1. The Morgan fingerprint density at radius 1 is 1.33 bits per heavy atom. The molecule has 2 aliphatic rings. The molecule has 0 radical (unpaired) electrons. The van der Waals surface area contributed by atoms with E-state index in [0.717, 1.165) is 31.4 Å². The molecule has 1 saturated heterocycles. The van der Waals surface area contributed by atoms with Crippen molar-refractivity contribution in [3.63, 3.8) is 0 Å². The first kappa shape index (κ1) is 17.4. The van der Waals surface area contributed by atoms with Crippen LogP contribution in [0.15, 0.2) is 24.3 Å². The van der Waals surface area contributed by atoms with Crippen molar-refractivity contribution in [2.45, 2.75) is 44.9 Å². The lowest BCUT2D eigenvalue weighted by Gasteiger charge is -2.39. The van der Waals surface area contributed by atoms with Gasteiger partial charge in [0.1, 0.15) is 0 Å². The SMILES string of the molecule is Cc1ccc(CNC(=O)CN2CCOC[C@@H]2[C@@H]2CCC[C@H]2O)cc1. The van der Waals surface area contributed by atoms with Crippen molar-refractivity contribution in [3.8, 4) is 0 Å². The van der Waals surface area contributed by atoms with Gasteiger partial charge in [-0.1, -0.05) is 36.2 Å². The summed E-state index contributed by atoms with van der Waals surface area (Å²) >= 11 is 0. The van der Waals surface area contributed by atoms with Crippen LogP contribution in [-0.2, 0) is 16.1 Å². The summed E-state index contributed by atoms with van der Waals surface area (Å²) < 4.78 is 5.61. The Kier molecular flexibility index (Phi) is 5.87. The number of aliphatic hydroxyl groups is 1. The lowest BCUT2D eigenvalue weighted by molar-refractivity contribution is -0.126. The number of hydrogen-bond donors (Lipinski definition) is 2. The van der Waals surface area contributed by atoms with E-state index in [2.05, 4.69) is 29.3 Å². The molecule has 1 aromatic carbocycles. The highest BCUT2D eigenvalue weighted by atomic mass is 16.5. The zero-order chi connectivity index (χ0) is 16.9. The molecule has 1 aliphatic carbocycles. The van der Waals surface area contributed by atoms with Gasteiger partial charge in [0.2, 0.25) is 5.91 Å². The lowest BCUT2D eigenvalue weighted by atomic mass is 9.94. The number of aliphatic hydroxyl groups excluding tert-OH is 1. The largest absolute Gasteiger partial charge is 0.393 e. The minimum Gasteiger partial charge on any atom is -0.393 e. The Hall–Kier alpha value is -1.43. The van der Waals surface area contributed by atoms with E-state index in [1.54, 1.807) is 0 Å². The van der Waals surface area contributed by atoms with Gasteiger partial charge in [-0.15, -0.1) is 0 Å². The molecule has 24 heavy (non-hydrogen) atoms. The van der Waals surface area contributed by atoms with E-state index in [9.17, 15) is 9.90 Å². The minimum atomic E-state index is -0.255. The fourth-order valence-corrected chi connectivity index (χ4v) is 3.81. The maximum absolute atomic E-state index is 12.3. The molecule has 2 fully saturated rings. The number of carbonyl (C=O) groups is 1. The number of nitrogens with one attached hydrogen (secondary N) is 1. The van der Waals surface area contributed by atoms with Crippen LogP contribution in [-0.4, -0.2) is 54.4 Å². The van der Waals surface area contributed by atoms with Crippen LogP contribution in [0.1, 0.15) is 30.4 Å². The first-order chi connectivity index (χ1) is 11.6. The Bertz CT molecular complexity index is 546. The number of nitrogens with zero attached hydrogens (tertiary/aromatic N) is 1. The van der Waals surface area contributed by atoms with Crippen LogP contribution in [0.5, 0.6) is 0 Å². The maximum atomic E-state index is 12.3. The Morgan fingerprint density at radius 3 is 2.83 bits per heavy atom. The molecule has 1 amide bonds. The van der Waals surface area contributed by atoms with E-state index in [4.69, 9.17) is 4.74 Å². The average molecular weight is 332 g/mol. The first-order valence-corrected chi connectivity index (χ1v) is 8.95. The summed E-state index contributed by atoms with van der Waals surface area (Å²) in [6.45, 7) is 5.02. The summed E-state index contributed by atoms with van der Waals surface area (Å²) in [6.07, 6.45) is 2.70. The average Bonchev–Trinajstić information content (AvgIpc) is 3.01. The van der Waals surface area contributed by atoms with Crippen molar-refractivity contribution < 1.29 is 14.6 Å². The normalized spacial score (nSPS) is 28.0. The van der Waals surface area contributed by atoms with E-state index >= 15 is 0 Å². The molecule has 0 aromatic heterocycles. The number of ether oxygens (including phenoxy) is 1. The van der Waals surface area contributed by atoms with Gasteiger partial charge in [-0.05, 0) is 25.3 Å². The number of rotatable bonds is 5. The number of morpholine rings is 1. The second kappa shape index (κ2) is 8.10. The molecule has 1 aliphatic heterocycles. The second-order valence-corrected chi connectivity index (χ2v) is 7.04. The molecule has 0 spiro atoms. The monoisotopic (exact) mass is 332 g/mol. The van der Waals surface area contributed by atoms with E-state index in [1.165, 1.54) is 5.56 Å². The maximum Gasteiger partial charge on any atom is 0.234 e. The van der Waals surface area contributed by atoms with Crippen LogP contribution in [0.2, 0.25) is 0 Å². The molecular formula is C19H28N2O3. The van der Waals surface area contributed by atoms with Crippen molar-refractivity contribution in [2.75, 3.05) is 26.3 Å². The topological polar surface area (TPSA) is 61.8 Å². The molecule has 0 bridgehead atoms. The van der Waals surface area contributed by atoms with E-state index in [0.29, 0.717) is 26.3 Å². The van der Waals surface area contributed by atoms with Crippen LogP contribution in [0.3, 0.4) is 0 Å². The molecule has 0 unspecified atom stereocenters. The molecule has 5 nitrogen and oxygen atoms in total. The highest BCUT2D eigenvalue weighted by molar-refractivity contribution is 5.78. The zero-order valence-corrected chi connectivity index (χ0v) is 14.4. The van der Waals surface area contributed by atoms with E-state index in [1.807, 2.05) is 12.1 Å². The summed E-state index contributed by atoms with van der Waals surface area (Å²) in [5.74, 6) is 0.269. The molecule has 1 saturated carbocycles. The standard InChI is InChI=1S/C19H28N2O3/c1-14-5-7-15(8-6-14)11-20-19(23)12-21-9-10-24-13-17(21)16-3-2-4-18(16)22/h5-8,16-18,22H,2-4,9-13H2,1H3,(H,20,23)/t16-,17+,18+/m0/s1. The molecule has 5 heteroatoms. The van der Waals surface area contributed by atoms with Crippen molar-refractivity contribution in [3.05, 3.63) is 35.4 Å². The molecule has 3 atom stereocenters. The quantitative estimate of drug-likeness (QED) is 0.857. The smallest absolute Gasteiger partial charge is 0.234 e. The van der Waals surface area contributed by atoms with Gasteiger partial charge in [0.25, 0.3) is 0 Å². The number of aryl methyl sites for hydroxylation is 1. The summed E-state index contributed by atoms with van der Waals surface area (Å²) in [7, 11) is 0. The molecule has 2 N–H and O–H groups in total. The number of benzene rings is 1. The van der Waals surface area contributed by atoms with Gasteiger partial charge in [0, 0.05) is 25.0 Å². The fourth-order valence-electron chi connectivity index (χ4n) is 3.81. The predicted molar refractivity (Wildman–Crippen MR) is 92.6 cm³/mol.